The first-order chi connectivity index (χ1) is 9.62. The van der Waals surface area contributed by atoms with Crippen molar-refractivity contribution in [3.8, 4) is 5.75 Å². The van der Waals surface area contributed by atoms with Crippen LogP contribution in [0, 0.1) is 11.8 Å². The van der Waals surface area contributed by atoms with Crippen molar-refractivity contribution in [2.75, 3.05) is 25.7 Å². The molecular formula is C15H19NO4. The number of anilines is 1. The van der Waals surface area contributed by atoms with E-state index in [0.717, 1.165) is 17.9 Å². The molecular weight excluding hydrogens is 258 g/mol. The number of hydrogen-bond donors (Lipinski definition) is 0. The lowest BCUT2D eigenvalue weighted by Gasteiger charge is -2.16. The second-order valence-electron chi connectivity index (χ2n) is 4.82. The average molecular weight is 277 g/mol. The standard InChI is InChI=1S/C15H19NO4/c1-4-10-9-16(14(17)13(10)15(18)20-3)11-5-7-12(19-2)8-6-11/h5-8,10,13H,4,9H2,1-3H3/t10-,13+/m0/s1. The van der Waals surface area contributed by atoms with Crippen molar-refractivity contribution in [3.63, 3.8) is 0 Å². The van der Waals surface area contributed by atoms with Gasteiger partial charge >= 0.3 is 5.97 Å². The smallest absolute Gasteiger partial charge is 0.318 e. The van der Waals surface area contributed by atoms with Gasteiger partial charge in [0.15, 0.2) is 0 Å². The van der Waals surface area contributed by atoms with Crippen LogP contribution in [0.4, 0.5) is 5.69 Å². The van der Waals surface area contributed by atoms with Gasteiger partial charge in [0, 0.05) is 12.2 Å². The van der Waals surface area contributed by atoms with Crippen molar-refractivity contribution in [2.24, 2.45) is 11.8 Å². The molecule has 20 heavy (non-hydrogen) atoms. The number of esters is 1. The molecule has 1 amide bonds. The summed E-state index contributed by atoms with van der Waals surface area (Å²) in [5.41, 5.74) is 0.778. The van der Waals surface area contributed by atoms with Gasteiger partial charge < -0.3 is 14.4 Å². The Kier molecular flexibility index (Phi) is 4.27. The zero-order valence-corrected chi connectivity index (χ0v) is 12.0. The highest BCUT2D eigenvalue weighted by Gasteiger charge is 2.45. The summed E-state index contributed by atoms with van der Waals surface area (Å²) < 4.78 is 9.85. The maximum atomic E-state index is 12.4. The Balaban J connectivity index is 2.25. The molecule has 0 N–H and O–H groups in total. The molecule has 0 radical (unpaired) electrons. The van der Waals surface area contributed by atoms with E-state index in [-0.39, 0.29) is 11.8 Å². The lowest BCUT2D eigenvalue weighted by atomic mass is 9.93. The summed E-state index contributed by atoms with van der Waals surface area (Å²) >= 11 is 0. The van der Waals surface area contributed by atoms with Crippen LogP contribution in [0.25, 0.3) is 0 Å². The van der Waals surface area contributed by atoms with E-state index < -0.39 is 11.9 Å². The molecule has 1 fully saturated rings. The number of ether oxygens (including phenoxy) is 2. The van der Waals surface area contributed by atoms with Gasteiger partial charge in [0.25, 0.3) is 0 Å². The fourth-order valence-corrected chi connectivity index (χ4v) is 2.58. The lowest BCUT2D eigenvalue weighted by molar-refractivity contribution is -0.149. The van der Waals surface area contributed by atoms with Crippen LogP contribution < -0.4 is 9.64 Å². The minimum Gasteiger partial charge on any atom is -0.497 e. The fourth-order valence-electron chi connectivity index (χ4n) is 2.58. The number of rotatable bonds is 4. The SMILES string of the molecule is CC[C@H]1CN(c2ccc(OC)cc2)C(=O)[C@@H]1C(=O)OC. The number of methoxy groups -OCH3 is 2. The van der Waals surface area contributed by atoms with Gasteiger partial charge in [0.05, 0.1) is 14.2 Å². The van der Waals surface area contributed by atoms with Gasteiger partial charge in [-0.15, -0.1) is 0 Å². The number of benzene rings is 1. The number of nitrogens with zero attached hydrogens (tertiary/aromatic N) is 1. The molecule has 5 nitrogen and oxygen atoms in total. The Morgan fingerprint density at radius 3 is 2.45 bits per heavy atom. The Hall–Kier alpha value is -2.04. The topological polar surface area (TPSA) is 55.8 Å². The van der Waals surface area contributed by atoms with Gasteiger partial charge in [-0.05, 0) is 30.2 Å². The van der Waals surface area contributed by atoms with E-state index in [4.69, 9.17) is 9.47 Å². The van der Waals surface area contributed by atoms with Crippen molar-refractivity contribution in [1.29, 1.82) is 0 Å². The molecule has 108 valence electrons. The minimum atomic E-state index is -0.688. The molecule has 0 aromatic heterocycles. The molecule has 2 atom stereocenters. The van der Waals surface area contributed by atoms with E-state index in [1.807, 2.05) is 19.1 Å². The number of carbonyl (C=O) groups is 2. The predicted octanol–water partition coefficient (Wildman–Crippen LogP) is 1.86. The average Bonchev–Trinajstić information content (AvgIpc) is 2.83. The zero-order chi connectivity index (χ0) is 14.7. The lowest BCUT2D eigenvalue weighted by Crippen LogP contribution is -2.31. The second-order valence-corrected chi connectivity index (χ2v) is 4.82. The number of carbonyl (C=O) groups excluding carboxylic acids is 2. The molecule has 1 saturated heterocycles. The summed E-state index contributed by atoms with van der Waals surface area (Å²) in [4.78, 5) is 25.9. The molecule has 0 aliphatic carbocycles. The van der Waals surface area contributed by atoms with E-state index in [1.54, 1.807) is 24.1 Å². The summed E-state index contributed by atoms with van der Waals surface area (Å²) in [6.45, 7) is 2.52. The first-order valence-corrected chi connectivity index (χ1v) is 6.65. The third kappa shape index (κ3) is 2.48. The second kappa shape index (κ2) is 5.94. The van der Waals surface area contributed by atoms with Crippen LogP contribution in [0.5, 0.6) is 5.75 Å². The largest absolute Gasteiger partial charge is 0.497 e. The third-order valence-electron chi connectivity index (χ3n) is 3.78. The van der Waals surface area contributed by atoms with Crippen molar-refractivity contribution in [1.82, 2.24) is 0 Å². The Bertz CT molecular complexity index is 497. The molecule has 0 bridgehead atoms. The van der Waals surface area contributed by atoms with E-state index in [0.29, 0.717) is 6.54 Å². The van der Waals surface area contributed by atoms with Gasteiger partial charge in [-0.1, -0.05) is 13.3 Å². The normalized spacial score (nSPS) is 21.9. The summed E-state index contributed by atoms with van der Waals surface area (Å²) in [5, 5.41) is 0. The molecule has 5 heteroatoms. The van der Waals surface area contributed by atoms with Gasteiger partial charge in [-0.2, -0.15) is 0 Å². The van der Waals surface area contributed by atoms with Crippen LogP contribution in [0.15, 0.2) is 24.3 Å². The molecule has 1 aliphatic rings. The number of hydrogen-bond acceptors (Lipinski definition) is 4. The molecule has 1 aliphatic heterocycles. The summed E-state index contributed by atoms with van der Waals surface area (Å²) in [6, 6.07) is 7.25. The van der Waals surface area contributed by atoms with Gasteiger partial charge in [0.1, 0.15) is 11.7 Å². The van der Waals surface area contributed by atoms with E-state index in [9.17, 15) is 9.59 Å². The van der Waals surface area contributed by atoms with E-state index in [1.165, 1.54) is 7.11 Å². The van der Waals surface area contributed by atoms with Gasteiger partial charge in [-0.25, -0.2) is 0 Å². The maximum Gasteiger partial charge on any atom is 0.318 e. The fraction of sp³-hybridized carbons (Fsp3) is 0.467. The van der Waals surface area contributed by atoms with Crippen LogP contribution in [-0.2, 0) is 14.3 Å². The molecule has 1 aromatic rings. The Morgan fingerprint density at radius 2 is 1.95 bits per heavy atom. The van der Waals surface area contributed by atoms with Crippen LogP contribution in [0.2, 0.25) is 0 Å². The monoisotopic (exact) mass is 277 g/mol. The van der Waals surface area contributed by atoms with Crippen LogP contribution in [0.3, 0.4) is 0 Å². The quantitative estimate of drug-likeness (QED) is 0.622. The van der Waals surface area contributed by atoms with Crippen LogP contribution in [-0.4, -0.2) is 32.6 Å². The predicted molar refractivity (Wildman–Crippen MR) is 74.6 cm³/mol. The molecule has 2 rings (SSSR count). The summed E-state index contributed by atoms with van der Waals surface area (Å²) in [6.07, 6.45) is 0.762. The zero-order valence-electron chi connectivity index (χ0n) is 12.0. The highest BCUT2D eigenvalue weighted by Crippen LogP contribution is 2.33. The minimum absolute atomic E-state index is 0.00273. The van der Waals surface area contributed by atoms with Crippen LogP contribution >= 0.6 is 0 Å². The summed E-state index contributed by atoms with van der Waals surface area (Å²) in [7, 11) is 2.91. The third-order valence-corrected chi connectivity index (χ3v) is 3.78. The highest BCUT2D eigenvalue weighted by molar-refractivity contribution is 6.08. The van der Waals surface area contributed by atoms with E-state index >= 15 is 0 Å². The Labute approximate surface area is 118 Å². The van der Waals surface area contributed by atoms with Crippen molar-refractivity contribution < 1.29 is 19.1 Å². The first-order valence-electron chi connectivity index (χ1n) is 6.65. The van der Waals surface area contributed by atoms with Gasteiger partial charge in [0.2, 0.25) is 5.91 Å². The van der Waals surface area contributed by atoms with Crippen molar-refractivity contribution in [2.45, 2.75) is 13.3 Å². The molecule has 1 heterocycles. The highest BCUT2D eigenvalue weighted by atomic mass is 16.5. The molecule has 1 aromatic carbocycles. The number of amides is 1. The molecule has 0 unspecified atom stereocenters. The van der Waals surface area contributed by atoms with Crippen molar-refractivity contribution >= 4 is 17.6 Å². The first kappa shape index (κ1) is 14.4. The summed E-state index contributed by atoms with van der Waals surface area (Å²) in [5.74, 6) is -0.590. The van der Waals surface area contributed by atoms with E-state index in [2.05, 4.69) is 0 Å². The maximum absolute atomic E-state index is 12.4. The van der Waals surface area contributed by atoms with Gasteiger partial charge in [-0.3, -0.25) is 9.59 Å². The van der Waals surface area contributed by atoms with Crippen molar-refractivity contribution in [3.05, 3.63) is 24.3 Å². The molecule has 0 saturated carbocycles. The Morgan fingerprint density at radius 1 is 1.30 bits per heavy atom. The van der Waals surface area contributed by atoms with Crippen LogP contribution in [0.1, 0.15) is 13.3 Å². The molecule has 0 spiro atoms.